The van der Waals surface area contributed by atoms with Gasteiger partial charge in [-0.1, -0.05) is 12.1 Å². The summed E-state index contributed by atoms with van der Waals surface area (Å²) in [5.74, 6) is 0.308. The summed E-state index contributed by atoms with van der Waals surface area (Å²) < 4.78 is 27.6. The van der Waals surface area contributed by atoms with Crippen LogP contribution in [-0.4, -0.2) is 51.1 Å². The van der Waals surface area contributed by atoms with Crippen LogP contribution < -0.4 is 15.5 Å². The molecule has 2 aromatic rings. The summed E-state index contributed by atoms with van der Waals surface area (Å²) in [5, 5.41) is 6.79. The van der Waals surface area contributed by atoms with E-state index in [1.807, 2.05) is 31.1 Å². The number of anilines is 1. The summed E-state index contributed by atoms with van der Waals surface area (Å²) >= 11 is 0. The van der Waals surface area contributed by atoms with Gasteiger partial charge in [-0.05, 0) is 62.8 Å². The Bertz CT molecular complexity index is 868. The smallest absolute Gasteiger partial charge is 0.191 e. The van der Waals surface area contributed by atoms with Crippen molar-refractivity contribution in [2.45, 2.75) is 32.0 Å². The molecule has 0 radical (unpaired) electrons. The van der Waals surface area contributed by atoms with Crippen LogP contribution in [0.25, 0.3) is 0 Å². The van der Waals surface area contributed by atoms with Crippen molar-refractivity contribution in [3.63, 3.8) is 0 Å². The van der Waals surface area contributed by atoms with Gasteiger partial charge in [-0.3, -0.25) is 4.99 Å². The van der Waals surface area contributed by atoms with Crippen molar-refractivity contribution in [3.05, 3.63) is 65.2 Å². The number of aliphatic imine (C=N–C) groups is 1. The zero-order valence-corrected chi connectivity index (χ0v) is 18.0. The van der Waals surface area contributed by atoms with Gasteiger partial charge in [0, 0.05) is 50.5 Å². The molecule has 0 aliphatic carbocycles. The fraction of sp³-hybridized carbons (Fsp3) is 0.435. The molecule has 1 heterocycles. The number of rotatable bonds is 6. The molecule has 2 aromatic carbocycles. The highest BCUT2D eigenvalue weighted by Gasteiger charge is 2.21. The molecule has 7 heteroatoms. The van der Waals surface area contributed by atoms with Gasteiger partial charge in [0.05, 0.1) is 0 Å². The summed E-state index contributed by atoms with van der Waals surface area (Å²) in [6, 6.07) is 12.1. The predicted octanol–water partition coefficient (Wildman–Crippen LogP) is 3.36. The van der Waals surface area contributed by atoms with Gasteiger partial charge >= 0.3 is 0 Å². The molecule has 0 bridgehead atoms. The van der Waals surface area contributed by atoms with Crippen molar-refractivity contribution in [2.24, 2.45) is 4.99 Å². The number of guanidine groups is 1. The lowest BCUT2D eigenvalue weighted by molar-refractivity contribution is 0.392. The fourth-order valence-electron chi connectivity index (χ4n) is 3.78. The average Bonchev–Trinajstić information content (AvgIpc) is 2.73. The molecular weight excluding hydrogens is 384 g/mol. The first-order chi connectivity index (χ1) is 14.4. The Balaban J connectivity index is 1.57. The molecule has 1 atom stereocenters. The number of piperidine rings is 1. The normalized spacial score (nSPS) is 17.3. The molecule has 0 spiro atoms. The minimum atomic E-state index is -0.215. The van der Waals surface area contributed by atoms with Gasteiger partial charge in [0.15, 0.2) is 5.96 Å². The third-order valence-electron chi connectivity index (χ3n) is 5.22. The Morgan fingerprint density at radius 3 is 2.77 bits per heavy atom. The SMILES string of the molecule is CN=C(NCc1ccc(F)c(CN(C)C)c1)NC1CCCN(c2cccc(F)c2)C1. The highest BCUT2D eigenvalue weighted by molar-refractivity contribution is 5.80. The Morgan fingerprint density at radius 2 is 2.03 bits per heavy atom. The van der Waals surface area contributed by atoms with E-state index < -0.39 is 0 Å². The summed E-state index contributed by atoms with van der Waals surface area (Å²) in [5.41, 5.74) is 2.59. The third kappa shape index (κ3) is 6.16. The minimum Gasteiger partial charge on any atom is -0.369 e. The summed E-state index contributed by atoms with van der Waals surface area (Å²) in [7, 11) is 5.59. The second kappa shape index (κ2) is 10.4. The molecule has 1 unspecified atom stereocenters. The van der Waals surface area contributed by atoms with Crippen LogP contribution in [0.1, 0.15) is 24.0 Å². The lowest BCUT2D eigenvalue weighted by atomic mass is 10.0. The Hall–Kier alpha value is -2.67. The van der Waals surface area contributed by atoms with E-state index in [1.165, 1.54) is 12.1 Å². The van der Waals surface area contributed by atoms with Crippen LogP contribution >= 0.6 is 0 Å². The van der Waals surface area contributed by atoms with Gasteiger partial charge in [-0.2, -0.15) is 0 Å². The summed E-state index contributed by atoms with van der Waals surface area (Å²) in [4.78, 5) is 8.48. The molecule has 5 nitrogen and oxygen atoms in total. The monoisotopic (exact) mass is 415 g/mol. The molecular formula is C23H31F2N5. The molecule has 0 saturated carbocycles. The van der Waals surface area contributed by atoms with E-state index in [2.05, 4.69) is 20.5 Å². The zero-order chi connectivity index (χ0) is 21.5. The second-order valence-corrected chi connectivity index (χ2v) is 8.00. The van der Waals surface area contributed by atoms with Crippen molar-refractivity contribution in [1.29, 1.82) is 0 Å². The minimum absolute atomic E-state index is 0.186. The van der Waals surface area contributed by atoms with Crippen molar-refractivity contribution in [1.82, 2.24) is 15.5 Å². The quantitative estimate of drug-likeness (QED) is 0.561. The molecule has 2 N–H and O–H groups in total. The molecule has 0 aromatic heterocycles. The van der Waals surface area contributed by atoms with Gasteiger partial charge in [0.25, 0.3) is 0 Å². The topological polar surface area (TPSA) is 42.9 Å². The van der Waals surface area contributed by atoms with E-state index >= 15 is 0 Å². The standard InChI is InChI=1S/C23H31F2N5/c1-26-23(27-14-17-9-10-22(25)18(12-17)15-29(2)3)28-20-7-5-11-30(16-20)21-8-4-6-19(24)13-21/h4,6,8-10,12-13,20H,5,7,11,14-16H2,1-3H3,(H2,26,27,28). The molecule has 0 amide bonds. The third-order valence-corrected chi connectivity index (χ3v) is 5.22. The highest BCUT2D eigenvalue weighted by atomic mass is 19.1. The van der Waals surface area contributed by atoms with Gasteiger partial charge in [-0.25, -0.2) is 8.78 Å². The van der Waals surface area contributed by atoms with Gasteiger partial charge < -0.3 is 20.4 Å². The largest absolute Gasteiger partial charge is 0.369 e. The maximum Gasteiger partial charge on any atom is 0.191 e. The number of benzene rings is 2. The van der Waals surface area contributed by atoms with Crippen LogP contribution in [0.5, 0.6) is 0 Å². The second-order valence-electron chi connectivity index (χ2n) is 8.00. The van der Waals surface area contributed by atoms with Crippen molar-refractivity contribution in [2.75, 3.05) is 39.1 Å². The molecule has 1 saturated heterocycles. The number of nitrogens with one attached hydrogen (secondary N) is 2. The molecule has 1 aliphatic heterocycles. The maximum atomic E-state index is 14.0. The maximum absolute atomic E-state index is 14.0. The molecule has 1 aliphatic rings. The fourth-order valence-corrected chi connectivity index (χ4v) is 3.78. The van der Waals surface area contributed by atoms with Gasteiger partial charge in [0.1, 0.15) is 11.6 Å². The Kier molecular flexibility index (Phi) is 7.63. The highest BCUT2D eigenvalue weighted by Crippen LogP contribution is 2.20. The molecule has 1 fully saturated rings. The number of halogens is 2. The number of hydrogen-bond donors (Lipinski definition) is 2. The van der Waals surface area contributed by atoms with Crippen LogP contribution in [0.4, 0.5) is 14.5 Å². The van der Waals surface area contributed by atoms with E-state index in [0.717, 1.165) is 37.2 Å². The van der Waals surface area contributed by atoms with E-state index in [9.17, 15) is 8.78 Å². The van der Waals surface area contributed by atoms with Crippen molar-refractivity contribution >= 4 is 11.6 Å². The lowest BCUT2D eigenvalue weighted by Gasteiger charge is -2.35. The molecule has 30 heavy (non-hydrogen) atoms. The number of hydrogen-bond acceptors (Lipinski definition) is 3. The summed E-state index contributed by atoms with van der Waals surface area (Å²) in [6.07, 6.45) is 2.05. The van der Waals surface area contributed by atoms with Crippen molar-refractivity contribution < 1.29 is 8.78 Å². The zero-order valence-electron chi connectivity index (χ0n) is 18.0. The lowest BCUT2D eigenvalue weighted by Crippen LogP contribution is -2.51. The van der Waals surface area contributed by atoms with Crippen LogP contribution in [-0.2, 0) is 13.1 Å². The average molecular weight is 416 g/mol. The van der Waals surface area contributed by atoms with E-state index in [4.69, 9.17) is 0 Å². The Morgan fingerprint density at radius 1 is 1.20 bits per heavy atom. The van der Waals surface area contributed by atoms with Gasteiger partial charge in [-0.15, -0.1) is 0 Å². The van der Waals surface area contributed by atoms with Crippen LogP contribution in [0, 0.1) is 11.6 Å². The van der Waals surface area contributed by atoms with Gasteiger partial charge in [0.2, 0.25) is 0 Å². The molecule has 162 valence electrons. The van der Waals surface area contributed by atoms with Crippen molar-refractivity contribution in [3.8, 4) is 0 Å². The summed E-state index contributed by atoms with van der Waals surface area (Å²) in [6.45, 7) is 2.82. The first-order valence-electron chi connectivity index (χ1n) is 10.3. The van der Waals surface area contributed by atoms with Crippen LogP contribution in [0.3, 0.4) is 0 Å². The van der Waals surface area contributed by atoms with Crippen LogP contribution in [0.15, 0.2) is 47.5 Å². The van der Waals surface area contributed by atoms with E-state index in [1.54, 1.807) is 25.2 Å². The van der Waals surface area contributed by atoms with E-state index in [0.29, 0.717) is 24.6 Å². The number of nitrogens with zero attached hydrogens (tertiary/aromatic N) is 3. The first kappa shape index (κ1) is 22.0. The first-order valence-corrected chi connectivity index (χ1v) is 10.3. The predicted molar refractivity (Wildman–Crippen MR) is 119 cm³/mol. The van der Waals surface area contributed by atoms with Crippen LogP contribution in [0.2, 0.25) is 0 Å². The molecule has 3 rings (SSSR count). The van der Waals surface area contributed by atoms with E-state index in [-0.39, 0.29) is 17.7 Å². The Labute approximate surface area is 177 Å².